The smallest absolute Gasteiger partial charge is 0.0717 e. The normalized spacial score (nSPS) is 12.6. The van der Waals surface area contributed by atoms with Crippen molar-refractivity contribution in [3.05, 3.63) is 35.9 Å². The number of halogens is 1. The Labute approximate surface area is 109 Å². The molecule has 1 unspecified atom stereocenters. The fourth-order valence-corrected chi connectivity index (χ4v) is 1.92. The Kier molecular flexibility index (Phi) is 8.06. The van der Waals surface area contributed by atoms with Crippen LogP contribution in [-0.2, 0) is 11.3 Å². The summed E-state index contributed by atoms with van der Waals surface area (Å²) in [5.74, 6) is 1.38. The van der Waals surface area contributed by atoms with E-state index in [2.05, 4.69) is 24.4 Å². The molecule has 2 nitrogen and oxygen atoms in total. The van der Waals surface area contributed by atoms with Crippen LogP contribution in [0.4, 0.5) is 0 Å². The lowest BCUT2D eigenvalue weighted by atomic mass is 10.1. The van der Waals surface area contributed by atoms with E-state index in [9.17, 15) is 0 Å². The van der Waals surface area contributed by atoms with E-state index >= 15 is 0 Å². The lowest BCUT2D eigenvalue weighted by Crippen LogP contribution is -2.25. The molecule has 0 spiro atoms. The third-order valence-corrected chi connectivity index (χ3v) is 2.85. The highest BCUT2D eigenvalue weighted by atomic mass is 35.5. The van der Waals surface area contributed by atoms with Gasteiger partial charge in [-0.25, -0.2) is 0 Å². The number of nitrogens with one attached hydrogen (secondary N) is 1. The molecule has 0 aliphatic carbocycles. The van der Waals surface area contributed by atoms with Crippen LogP contribution in [0.15, 0.2) is 30.3 Å². The molecular formula is C14H22ClNO. The molecule has 1 aromatic rings. The second kappa shape index (κ2) is 9.46. The van der Waals surface area contributed by atoms with Gasteiger partial charge in [-0.1, -0.05) is 37.3 Å². The molecule has 0 amide bonds. The second-order valence-corrected chi connectivity index (χ2v) is 4.70. The van der Waals surface area contributed by atoms with Crippen molar-refractivity contribution in [1.82, 2.24) is 5.32 Å². The Balaban J connectivity index is 1.95. The maximum atomic E-state index is 5.67. The molecule has 1 atom stereocenters. The van der Waals surface area contributed by atoms with Crippen LogP contribution in [-0.4, -0.2) is 25.6 Å². The minimum Gasteiger partial charge on any atom is -0.375 e. The summed E-state index contributed by atoms with van der Waals surface area (Å²) in [6, 6.07) is 10.2. The zero-order valence-electron chi connectivity index (χ0n) is 10.5. The maximum Gasteiger partial charge on any atom is 0.0717 e. The summed E-state index contributed by atoms with van der Waals surface area (Å²) in [6.07, 6.45) is 1.07. The van der Waals surface area contributed by atoms with Crippen molar-refractivity contribution in [3.63, 3.8) is 0 Å². The molecule has 0 fully saturated rings. The summed E-state index contributed by atoms with van der Waals surface area (Å²) >= 11 is 5.67. The number of hydrogen-bond acceptors (Lipinski definition) is 2. The number of alkyl halides is 1. The van der Waals surface area contributed by atoms with Gasteiger partial charge in [0.2, 0.25) is 0 Å². The molecule has 0 radical (unpaired) electrons. The fourth-order valence-electron chi connectivity index (χ4n) is 1.55. The van der Waals surface area contributed by atoms with E-state index in [4.69, 9.17) is 16.3 Å². The van der Waals surface area contributed by atoms with Gasteiger partial charge in [-0.05, 0) is 24.4 Å². The molecule has 17 heavy (non-hydrogen) atoms. The van der Waals surface area contributed by atoms with Gasteiger partial charge in [-0.15, -0.1) is 11.6 Å². The number of benzene rings is 1. The summed E-state index contributed by atoms with van der Waals surface area (Å²) in [5.41, 5.74) is 1.23. The lowest BCUT2D eigenvalue weighted by Gasteiger charge is -2.11. The average Bonchev–Trinajstić information content (AvgIpc) is 2.35. The van der Waals surface area contributed by atoms with Gasteiger partial charge in [0.15, 0.2) is 0 Å². The van der Waals surface area contributed by atoms with Gasteiger partial charge in [0.05, 0.1) is 13.2 Å². The third-order valence-electron chi connectivity index (χ3n) is 2.63. The second-order valence-electron chi connectivity index (χ2n) is 4.33. The highest BCUT2D eigenvalue weighted by Gasteiger charge is 1.99. The SMILES string of the molecule is CC(CCCl)CNCCOCc1ccccc1. The first-order valence-electron chi connectivity index (χ1n) is 6.21. The largest absolute Gasteiger partial charge is 0.375 e. The van der Waals surface area contributed by atoms with Gasteiger partial charge < -0.3 is 10.1 Å². The van der Waals surface area contributed by atoms with Gasteiger partial charge in [0.25, 0.3) is 0 Å². The molecule has 0 bridgehead atoms. The Bertz CT molecular complexity index is 279. The number of ether oxygens (including phenoxy) is 1. The predicted molar refractivity (Wildman–Crippen MR) is 73.5 cm³/mol. The summed E-state index contributed by atoms with van der Waals surface area (Å²) in [5, 5.41) is 3.37. The van der Waals surface area contributed by atoms with Gasteiger partial charge in [0.1, 0.15) is 0 Å². The zero-order chi connectivity index (χ0) is 12.3. The molecule has 1 aromatic carbocycles. The first-order valence-corrected chi connectivity index (χ1v) is 6.74. The molecule has 0 heterocycles. The van der Waals surface area contributed by atoms with Crippen LogP contribution in [0, 0.1) is 5.92 Å². The average molecular weight is 256 g/mol. The Morgan fingerprint density at radius 2 is 2.06 bits per heavy atom. The van der Waals surface area contributed by atoms with Crippen molar-refractivity contribution in [2.45, 2.75) is 20.0 Å². The summed E-state index contributed by atoms with van der Waals surface area (Å²) in [7, 11) is 0. The molecule has 0 aliphatic heterocycles. The molecule has 0 saturated heterocycles. The standard InChI is InChI=1S/C14H22ClNO/c1-13(7-8-15)11-16-9-10-17-12-14-5-3-2-4-6-14/h2-6,13,16H,7-12H2,1H3. The lowest BCUT2D eigenvalue weighted by molar-refractivity contribution is 0.122. The topological polar surface area (TPSA) is 21.3 Å². The highest BCUT2D eigenvalue weighted by molar-refractivity contribution is 6.17. The van der Waals surface area contributed by atoms with E-state index in [1.807, 2.05) is 18.2 Å². The number of rotatable bonds is 9. The minimum atomic E-state index is 0.640. The van der Waals surface area contributed by atoms with Crippen molar-refractivity contribution in [1.29, 1.82) is 0 Å². The van der Waals surface area contributed by atoms with Crippen molar-refractivity contribution >= 4 is 11.6 Å². The molecule has 1 rings (SSSR count). The van der Waals surface area contributed by atoms with E-state index in [1.54, 1.807) is 0 Å². The van der Waals surface area contributed by atoms with Crippen molar-refractivity contribution in [3.8, 4) is 0 Å². The first kappa shape index (κ1) is 14.5. The molecule has 3 heteroatoms. The molecule has 0 saturated carbocycles. The van der Waals surface area contributed by atoms with Crippen LogP contribution in [0.25, 0.3) is 0 Å². The fraction of sp³-hybridized carbons (Fsp3) is 0.571. The highest BCUT2D eigenvalue weighted by Crippen LogP contribution is 2.01. The quantitative estimate of drug-likeness (QED) is 0.541. The third kappa shape index (κ3) is 7.37. The summed E-state index contributed by atoms with van der Waals surface area (Å²) in [4.78, 5) is 0. The van der Waals surface area contributed by atoms with Crippen LogP contribution in [0.1, 0.15) is 18.9 Å². The van der Waals surface area contributed by atoms with Crippen LogP contribution in [0.5, 0.6) is 0 Å². The minimum absolute atomic E-state index is 0.640. The first-order chi connectivity index (χ1) is 8.33. The molecule has 0 aromatic heterocycles. The zero-order valence-corrected chi connectivity index (χ0v) is 11.2. The van der Waals surface area contributed by atoms with E-state index in [1.165, 1.54) is 5.56 Å². The van der Waals surface area contributed by atoms with Crippen molar-refractivity contribution in [2.75, 3.05) is 25.6 Å². The van der Waals surface area contributed by atoms with Crippen LogP contribution in [0.2, 0.25) is 0 Å². The van der Waals surface area contributed by atoms with Crippen LogP contribution < -0.4 is 5.32 Å². The van der Waals surface area contributed by atoms with Crippen LogP contribution in [0.3, 0.4) is 0 Å². The van der Waals surface area contributed by atoms with Gasteiger partial charge in [-0.3, -0.25) is 0 Å². The van der Waals surface area contributed by atoms with E-state index in [0.29, 0.717) is 12.5 Å². The Morgan fingerprint density at radius 1 is 1.29 bits per heavy atom. The summed E-state index contributed by atoms with van der Waals surface area (Å²) in [6.45, 7) is 5.57. The molecular weight excluding hydrogens is 234 g/mol. The Hall–Kier alpha value is -0.570. The maximum absolute atomic E-state index is 5.67. The monoisotopic (exact) mass is 255 g/mol. The van der Waals surface area contributed by atoms with E-state index in [-0.39, 0.29) is 0 Å². The molecule has 0 aliphatic rings. The predicted octanol–water partition coefficient (Wildman–Crippen LogP) is 3.06. The van der Waals surface area contributed by atoms with E-state index in [0.717, 1.165) is 32.0 Å². The Morgan fingerprint density at radius 3 is 2.76 bits per heavy atom. The van der Waals surface area contributed by atoms with Gasteiger partial charge in [0, 0.05) is 12.4 Å². The van der Waals surface area contributed by atoms with E-state index < -0.39 is 0 Å². The van der Waals surface area contributed by atoms with Gasteiger partial charge >= 0.3 is 0 Å². The molecule has 1 N–H and O–H groups in total. The van der Waals surface area contributed by atoms with Crippen molar-refractivity contribution in [2.24, 2.45) is 5.92 Å². The number of hydrogen-bond donors (Lipinski definition) is 1. The summed E-state index contributed by atoms with van der Waals surface area (Å²) < 4.78 is 5.57. The van der Waals surface area contributed by atoms with Crippen LogP contribution >= 0.6 is 11.6 Å². The van der Waals surface area contributed by atoms with Crippen molar-refractivity contribution < 1.29 is 4.74 Å². The molecule has 96 valence electrons. The van der Waals surface area contributed by atoms with Gasteiger partial charge in [-0.2, -0.15) is 0 Å².